The summed E-state index contributed by atoms with van der Waals surface area (Å²) < 4.78 is 1.00. The molecule has 1 N–H and O–H groups in total. The summed E-state index contributed by atoms with van der Waals surface area (Å²) in [5, 5.41) is 3.93. The molecule has 27 heavy (non-hydrogen) atoms. The molecule has 0 bridgehead atoms. The van der Waals surface area contributed by atoms with E-state index in [0.717, 1.165) is 42.2 Å². The standard InChI is InChI=1S/C21H16BrN3OS/c1-13-11-15(20-25-18-3-2-10-23-21(18)27-20)6-9-17(13)24-19(26)12-14-4-7-16(22)8-5-14/h2-11H,12H2,1H3,(H,24,26). The molecule has 0 saturated carbocycles. The zero-order valence-electron chi connectivity index (χ0n) is 14.6. The first-order valence-electron chi connectivity index (χ1n) is 8.45. The fourth-order valence-electron chi connectivity index (χ4n) is 2.81. The molecule has 0 unspecified atom stereocenters. The van der Waals surface area contributed by atoms with E-state index in [2.05, 4.69) is 31.2 Å². The third-order valence-electron chi connectivity index (χ3n) is 4.19. The number of anilines is 1. The van der Waals surface area contributed by atoms with Crippen LogP contribution in [0.4, 0.5) is 5.69 Å². The Bertz CT molecular complexity index is 1090. The summed E-state index contributed by atoms with van der Waals surface area (Å²) in [5.41, 5.74) is 4.74. The van der Waals surface area contributed by atoms with E-state index in [-0.39, 0.29) is 5.91 Å². The average molecular weight is 438 g/mol. The highest BCUT2D eigenvalue weighted by atomic mass is 79.9. The number of aromatic nitrogens is 2. The van der Waals surface area contributed by atoms with Gasteiger partial charge in [-0.05, 0) is 60.5 Å². The zero-order chi connectivity index (χ0) is 18.8. The van der Waals surface area contributed by atoms with Crippen LogP contribution < -0.4 is 5.32 Å². The van der Waals surface area contributed by atoms with Crippen molar-refractivity contribution in [1.82, 2.24) is 9.97 Å². The Hall–Kier alpha value is -2.57. The first kappa shape index (κ1) is 17.8. The van der Waals surface area contributed by atoms with Gasteiger partial charge in [-0.2, -0.15) is 0 Å². The number of pyridine rings is 1. The summed E-state index contributed by atoms with van der Waals surface area (Å²) in [7, 11) is 0. The van der Waals surface area contributed by atoms with Crippen LogP contribution in [0.15, 0.2) is 65.3 Å². The molecule has 4 aromatic rings. The minimum absolute atomic E-state index is 0.0302. The highest BCUT2D eigenvalue weighted by molar-refractivity contribution is 9.10. The van der Waals surface area contributed by atoms with Gasteiger partial charge in [0.1, 0.15) is 15.4 Å². The quantitative estimate of drug-likeness (QED) is 0.451. The molecule has 1 amide bonds. The van der Waals surface area contributed by atoms with Crippen LogP contribution in [0.3, 0.4) is 0 Å². The highest BCUT2D eigenvalue weighted by Crippen LogP contribution is 2.31. The first-order valence-corrected chi connectivity index (χ1v) is 10.1. The number of aryl methyl sites for hydroxylation is 1. The molecule has 2 aromatic carbocycles. The normalized spacial score (nSPS) is 10.9. The van der Waals surface area contributed by atoms with Gasteiger partial charge >= 0.3 is 0 Å². The number of hydrogen-bond donors (Lipinski definition) is 1. The maximum atomic E-state index is 12.3. The maximum Gasteiger partial charge on any atom is 0.228 e. The number of nitrogens with one attached hydrogen (secondary N) is 1. The summed E-state index contributed by atoms with van der Waals surface area (Å²) >= 11 is 4.97. The first-order chi connectivity index (χ1) is 13.1. The van der Waals surface area contributed by atoms with Crippen molar-refractivity contribution in [3.63, 3.8) is 0 Å². The summed E-state index contributed by atoms with van der Waals surface area (Å²) in [6.45, 7) is 1.99. The number of carbonyl (C=O) groups is 1. The number of fused-ring (bicyclic) bond motifs is 1. The SMILES string of the molecule is Cc1cc(-c2nc3cccnc3s2)ccc1NC(=O)Cc1ccc(Br)cc1. The van der Waals surface area contributed by atoms with E-state index in [1.165, 1.54) is 0 Å². The number of nitrogens with zero attached hydrogens (tertiary/aromatic N) is 2. The zero-order valence-corrected chi connectivity index (χ0v) is 17.0. The van der Waals surface area contributed by atoms with Crippen molar-refractivity contribution in [2.45, 2.75) is 13.3 Å². The molecule has 4 rings (SSSR count). The van der Waals surface area contributed by atoms with E-state index < -0.39 is 0 Å². The lowest BCUT2D eigenvalue weighted by molar-refractivity contribution is -0.115. The van der Waals surface area contributed by atoms with Crippen LogP contribution >= 0.6 is 27.3 Å². The Kier molecular flexibility index (Phi) is 5.01. The van der Waals surface area contributed by atoms with Gasteiger partial charge in [0.25, 0.3) is 0 Å². The molecule has 0 aliphatic carbocycles. The third-order valence-corrected chi connectivity index (χ3v) is 5.75. The number of amides is 1. The van der Waals surface area contributed by atoms with Crippen LogP contribution in [0.2, 0.25) is 0 Å². The van der Waals surface area contributed by atoms with Gasteiger partial charge < -0.3 is 5.32 Å². The predicted molar refractivity (Wildman–Crippen MR) is 114 cm³/mol. The lowest BCUT2D eigenvalue weighted by Crippen LogP contribution is -2.15. The molecular weight excluding hydrogens is 422 g/mol. The molecule has 134 valence electrons. The Morgan fingerprint density at radius 3 is 2.70 bits per heavy atom. The molecule has 0 fully saturated rings. The number of benzene rings is 2. The van der Waals surface area contributed by atoms with Gasteiger partial charge in [0.05, 0.1) is 6.42 Å². The Morgan fingerprint density at radius 2 is 1.96 bits per heavy atom. The molecule has 0 aliphatic rings. The lowest BCUT2D eigenvalue weighted by Gasteiger charge is -2.10. The van der Waals surface area contributed by atoms with Crippen molar-refractivity contribution in [3.8, 4) is 10.6 Å². The lowest BCUT2D eigenvalue weighted by atomic mass is 10.1. The van der Waals surface area contributed by atoms with Gasteiger partial charge in [-0.15, -0.1) is 0 Å². The monoisotopic (exact) mass is 437 g/mol. The Morgan fingerprint density at radius 1 is 1.15 bits per heavy atom. The van der Waals surface area contributed by atoms with Crippen molar-refractivity contribution < 1.29 is 4.79 Å². The average Bonchev–Trinajstić information content (AvgIpc) is 3.09. The van der Waals surface area contributed by atoms with Gasteiger partial charge in [0, 0.05) is 21.9 Å². The van der Waals surface area contributed by atoms with E-state index in [0.29, 0.717) is 6.42 Å². The number of rotatable bonds is 4. The molecular formula is C21H16BrN3OS. The predicted octanol–water partition coefficient (Wildman–Crippen LogP) is 5.61. The van der Waals surface area contributed by atoms with Crippen LogP contribution in [0.5, 0.6) is 0 Å². The largest absolute Gasteiger partial charge is 0.326 e. The van der Waals surface area contributed by atoms with Gasteiger partial charge in [0.2, 0.25) is 5.91 Å². The second-order valence-electron chi connectivity index (χ2n) is 6.23. The summed E-state index contributed by atoms with van der Waals surface area (Å²) in [6, 6.07) is 17.6. The van der Waals surface area contributed by atoms with Crippen LogP contribution in [-0.4, -0.2) is 15.9 Å². The number of hydrogen-bond acceptors (Lipinski definition) is 4. The van der Waals surface area contributed by atoms with E-state index >= 15 is 0 Å². The fraction of sp³-hybridized carbons (Fsp3) is 0.0952. The molecule has 2 heterocycles. The third kappa shape index (κ3) is 4.07. The van der Waals surface area contributed by atoms with Crippen molar-refractivity contribution in [1.29, 1.82) is 0 Å². The second kappa shape index (κ2) is 7.58. The topological polar surface area (TPSA) is 54.9 Å². The fourth-order valence-corrected chi connectivity index (χ4v) is 3.98. The smallest absolute Gasteiger partial charge is 0.228 e. The van der Waals surface area contributed by atoms with Crippen LogP contribution in [0, 0.1) is 6.92 Å². The van der Waals surface area contributed by atoms with Crippen molar-refractivity contribution in [2.75, 3.05) is 5.32 Å². The minimum Gasteiger partial charge on any atom is -0.326 e. The van der Waals surface area contributed by atoms with Gasteiger partial charge in [-0.25, -0.2) is 9.97 Å². The van der Waals surface area contributed by atoms with E-state index in [9.17, 15) is 4.79 Å². The van der Waals surface area contributed by atoms with Crippen LogP contribution in [-0.2, 0) is 11.2 Å². The molecule has 0 atom stereocenters. The summed E-state index contributed by atoms with van der Waals surface area (Å²) in [5.74, 6) is -0.0302. The molecule has 0 saturated heterocycles. The van der Waals surface area contributed by atoms with E-state index in [4.69, 9.17) is 0 Å². The molecule has 0 radical (unpaired) electrons. The Labute approximate surface area is 169 Å². The number of halogens is 1. The van der Waals surface area contributed by atoms with E-state index in [1.54, 1.807) is 17.5 Å². The molecule has 0 aliphatic heterocycles. The minimum atomic E-state index is -0.0302. The van der Waals surface area contributed by atoms with Crippen LogP contribution in [0.1, 0.15) is 11.1 Å². The maximum absolute atomic E-state index is 12.3. The van der Waals surface area contributed by atoms with Gasteiger partial charge in [-0.1, -0.05) is 39.4 Å². The second-order valence-corrected chi connectivity index (χ2v) is 8.12. The van der Waals surface area contributed by atoms with E-state index in [1.807, 2.05) is 61.5 Å². The summed E-state index contributed by atoms with van der Waals surface area (Å²) in [4.78, 5) is 22.3. The highest BCUT2D eigenvalue weighted by Gasteiger charge is 2.10. The summed E-state index contributed by atoms with van der Waals surface area (Å²) in [6.07, 6.45) is 2.12. The van der Waals surface area contributed by atoms with Crippen molar-refractivity contribution in [2.24, 2.45) is 0 Å². The van der Waals surface area contributed by atoms with Gasteiger partial charge in [0.15, 0.2) is 0 Å². The molecule has 2 aromatic heterocycles. The molecule has 6 heteroatoms. The number of thiazole rings is 1. The van der Waals surface area contributed by atoms with Crippen molar-refractivity contribution in [3.05, 3.63) is 76.4 Å². The Balaban J connectivity index is 1.51. The molecule has 4 nitrogen and oxygen atoms in total. The van der Waals surface area contributed by atoms with Crippen LogP contribution in [0.25, 0.3) is 20.9 Å². The van der Waals surface area contributed by atoms with Gasteiger partial charge in [-0.3, -0.25) is 4.79 Å². The molecule has 0 spiro atoms. The number of carbonyl (C=O) groups excluding carboxylic acids is 1. The van der Waals surface area contributed by atoms with Crippen molar-refractivity contribution >= 4 is 49.2 Å².